The Morgan fingerprint density at radius 1 is 1.35 bits per heavy atom. The average Bonchev–Trinajstić information content (AvgIpc) is 2.46. The SMILES string of the molecule is CC(C)C(N)C(=O)N1CCNC(=O)C1c1ccccc1. The normalized spacial score (nSPS) is 20.7. The lowest BCUT2D eigenvalue weighted by molar-refractivity contribution is -0.145. The van der Waals surface area contributed by atoms with Crippen LogP contribution in [0.4, 0.5) is 0 Å². The molecule has 0 saturated carbocycles. The molecule has 1 aliphatic heterocycles. The monoisotopic (exact) mass is 275 g/mol. The van der Waals surface area contributed by atoms with E-state index in [2.05, 4.69) is 5.32 Å². The lowest BCUT2D eigenvalue weighted by Gasteiger charge is -2.37. The molecule has 1 aromatic rings. The van der Waals surface area contributed by atoms with Crippen molar-refractivity contribution in [1.82, 2.24) is 10.2 Å². The zero-order valence-corrected chi connectivity index (χ0v) is 11.9. The third-order valence-electron chi connectivity index (χ3n) is 3.61. The number of piperazine rings is 1. The van der Waals surface area contributed by atoms with Gasteiger partial charge >= 0.3 is 0 Å². The third-order valence-corrected chi connectivity index (χ3v) is 3.61. The van der Waals surface area contributed by atoms with E-state index in [-0.39, 0.29) is 17.7 Å². The van der Waals surface area contributed by atoms with Crippen LogP contribution in [0.2, 0.25) is 0 Å². The molecular weight excluding hydrogens is 254 g/mol. The standard InChI is InChI=1S/C15H21N3O2/c1-10(2)12(16)15(20)18-9-8-17-14(19)13(18)11-6-4-3-5-7-11/h3-7,10,12-13H,8-9,16H2,1-2H3,(H,17,19). The Morgan fingerprint density at radius 2 is 2.00 bits per heavy atom. The fraction of sp³-hybridized carbons (Fsp3) is 0.467. The van der Waals surface area contributed by atoms with Gasteiger partial charge in [-0.1, -0.05) is 44.2 Å². The molecule has 2 amide bonds. The Kier molecular flexibility index (Phi) is 4.39. The summed E-state index contributed by atoms with van der Waals surface area (Å²) in [6.07, 6.45) is 0. The van der Waals surface area contributed by atoms with E-state index in [1.807, 2.05) is 44.2 Å². The maximum atomic E-state index is 12.5. The molecule has 3 N–H and O–H groups in total. The molecule has 5 heteroatoms. The van der Waals surface area contributed by atoms with Gasteiger partial charge in [-0.3, -0.25) is 9.59 Å². The number of carbonyl (C=O) groups excluding carboxylic acids is 2. The number of hydrogen-bond donors (Lipinski definition) is 2. The molecule has 108 valence electrons. The third kappa shape index (κ3) is 2.82. The molecule has 1 fully saturated rings. The number of nitrogens with one attached hydrogen (secondary N) is 1. The Balaban J connectivity index is 2.29. The fourth-order valence-electron chi connectivity index (χ4n) is 2.35. The maximum absolute atomic E-state index is 12.5. The smallest absolute Gasteiger partial charge is 0.247 e. The predicted molar refractivity (Wildman–Crippen MR) is 76.7 cm³/mol. The van der Waals surface area contributed by atoms with E-state index in [4.69, 9.17) is 5.73 Å². The Bertz CT molecular complexity index is 487. The van der Waals surface area contributed by atoms with Gasteiger partial charge in [-0.2, -0.15) is 0 Å². The molecule has 0 aromatic heterocycles. The van der Waals surface area contributed by atoms with Crippen LogP contribution in [0.25, 0.3) is 0 Å². The highest BCUT2D eigenvalue weighted by Crippen LogP contribution is 2.24. The lowest BCUT2D eigenvalue weighted by Crippen LogP contribution is -2.56. The van der Waals surface area contributed by atoms with Crippen molar-refractivity contribution < 1.29 is 9.59 Å². The summed E-state index contributed by atoms with van der Waals surface area (Å²) >= 11 is 0. The summed E-state index contributed by atoms with van der Waals surface area (Å²) in [6.45, 7) is 4.78. The molecule has 20 heavy (non-hydrogen) atoms. The van der Waals surface area contributed by atoms with Crippen LogP contribution >= 0.6 is 0 Å². The molecule has 1 heterocycles. The minimum Gasteiger partial charge on any atom is -0.352 e. The van der Waals surface area contributed by atoms with Gasteiger partial charge in [-0.05, 0) is 11.5 Å². The van der Waals surface area contributed by atoms with Crippen molar-refractivity contribution in [3.8, 4) is 0 Å². The molecule has 1 aromatic carbocycles. The molecule has 0 bridgehead atoms. The summed E-state index contributed by atoms with van der Waals surface area (Å²) in [5.41, 5.74) is 6.77. The molecule has 0 spiro atoms. The van der Waals surface area contributed by atoms with Crippen LogP contribution in [0.1, 0.15) is 25.5 Å². The maximum Gasteiger partial charge on any atom is 0.247 e. The van der Waals surface area contributed by atoms with E-state index in [0.29, 0.717) is 13.1 Å². The van der Waals surface area contributed by atoms with Gasteiger partial charge in [0.15, 0.2) is 0 Å². The molecule has 1 aliphatic rings. The molecule has 2 rings (SSSR count). The lowest BCUT2D eigenvalue weighted by atomic mass is 9.98. The fourth-order valence-corrected chi connectivity index (χ4v) is 2.35. The zero-order valence-electron chi connectivity index (χ0n) is 11.9. The van der Waals surface area contributed by atoms with E-state index in [1.54, 1.807) is 4.90 Å². The summed E-state index contributed by atoms with van der Waals surface area (Å²) in [6, 6.07) is 8.17. The van der Waals surface area contributed by atoms with Crippen LogP contribution in [0.3, 0.4) is 0 Å². The van der Waals surface area contributed by atoms with Gasteiger partial charge in [0.05, 0.1) is 6.04 Å². The summed E-state index contributed by atoms with van der Waals surface area (Å²) in [7, 11) is 0. The van der Waals surface area contributed by atoms with Gasteiger partial charge in [0.25, 0.3) is 0 Å². The van der Waals surface area contributed by atoms with Crippen LogP contribution in [0.5, 0.6) is 0 Å². The van der Waals surface area contributed by atoms with E-state index < -0.39 is 12.1 Å². The first kappa shape index (κ1) is 14.5. The van der Waals surface area contributed by atoms with Crippen LogP contribution in [-0.2, 0) is 9.59 Å². The highest BCUT2D eigenvalue weighted by molar-refractivity contribution is 5.91. The van der Waals surface area contributed by atoms with Crippen molar-refractivity contribution in [2.24, 2.45) is 11.7 Å². The van der Waals surface area contributed by atoms with Crippen LogP contribution in [-0.4, -0.2) is 35.8 Å². The number of carbonyl (C=O) groups is 2. The van der Waals surface area contributed by atoms with Gasteiger partial charge in [-0.15, -0.1) is 0 Å². The van der Waals surface area contributed by atoms with Gasteiger partial charge in [0.2, 0.25) is 11.8 Å². The van der Waals surface area contributed by atoms with E-state index in [0.717, 1.165) is 5.56 Å². The second-order valence-corrected chi connectivity index (χ2v) is 5.41. The summed E-state index contributed by atoms with van der Waals surface area (Å²) in [5.74, 6) is -0.264. The van der Waals surface area contributed by atoms with Crippen LogP contribution < -0.4 is 11.1 Å². The Labute approximate surface area is 119 Å². The van der Waals surface area contributed by atoms with Crippen molar-refractivity contribution in [2.45, 2.75) is 25.9 Å². The van der Waals surface area contributed by atoms with Crippen molar-refractivity contribution >= 4 is 11.8 Å². The predicted octanol–water partition coefficient (Wildman–Crippen LogP) is 0.669. The number of nitrogens with two attached hydrogens (primary N) is 1. The first-order valence-electron chi connectivity index (χ1n) is 6.91. The Hall–Kier alpha value is -1.88. The first-order valence-corrected chi connectivity index (χ1v) is 6.91. The summed E-state index contributed by atoms with van der Waals surface area (Å²) in [5, 5.41) is 2.81. The van der Waals surface area contributed by atoms with Crippen molar-refractivity contribution in [1.29, 1.82) is 0 Å². The molecule has 0 radical (unpaired) electrons. The van der Waals surface area contributed by atoms with Gasteiger partial charge < -0.3 is 16.0 Å². The summed E-state index contributed by atoms with van der Waals surface area (Å²) < 4.78 is 0. The van der Waals surface area contributed by atoms with Gasteiger partial charge in [0, 0.05) is 13.1 Å². The van der Waals surface area contributed by atoms with E-state index in [9.17, 15) is 9.59 Å². The molecule has 2 unspecified atom stereocenters. The molecule has 1 saturated heterocycles. The van der Waals surface area contributed by atoms with E-state index in [1.165, 1.54) is 0 Å². The molecular formula is C15H21N3O2. The van der Waals surface area contributed by atoms with Crippen LogP contribution in [0, 0.1) is 5.92 Å². The Morgan fingerprint density at radius 3 is 2.60 bits per heavy atom. The molecule has 0 aliphatic carbocycles. The topological polar surface area (TPSA) is 75.4 Å². The number of rotatable bonds is 3. The van der Waals surface area contributed by atoms with Crippen LogP contribution in [0.15, 0.2) is 30.3 Å². The largest absolute Gasteiger partial charge is 0.352 e. The van der Waals surface area contributed by atoms with Crippen molar-refractivity contribution in [3.63, 3.8) is 0 Å². The van der Waals surface area contributed by atoms with Gasteiger partial charge in [-0.25, -0.2) is 0 Å². The number of hydrogen-bond acceptors (Lipinski definition) is 3. The quantitative estimate of drug-likeness (QED) is 0.851. The zero-order chi connectivity index (χ0) is 14.7. The van der Waals surface area contributed by atoms with Crippen molar-refractivity contribution in [3.05, 3.63) is 35.9 Å². The number of amides is 2. The molecule has 2 atom stereocenters. The second kappa shape index (κ2) is 6.05. The minimum absolute atomic E-state index is 0.0453. The highest BCUT2D eigenvalue weighted by atomic mass is 16.2. The highest BCUT2D eigenvalue weighted by Gasteiger charge is 2.36. The number of benzene rings is 1. The first-order chi connectivity index (χ1) is 9.52. The van der Waals surface area contributed by atoms with E-state index >= 15 is 0 Å². The van der Waals surface area contributed by atoms with Gasteiger partial charge in [0.1, 0.15) is 6.04 Å². The molecule has 5 nitrogen and oxygen atoms in total. The number of nitrogens with zero attached hydrogens (tertiary/aromatic N) is 1. The summed E-state index contributed by atoms with van der Waals surface area (Å²) in [4.78, 5) is 26.2. The van der Waals surface area contributed by atoms with Crippen molar-refractivity contribution in [2.75, 3.05) is 13.1 Å². The average molecular weight is 275 g/mol. The minimum atomic E-state index is -0.581. The second-order valence-electron chi connectivity index (χ2n) is 5.41.